The molecule has 49 heavy (non-hydrogen) atoms. The predicted molar refractivity (Wildman–Crippen MR) is 199 cm³/mol. The molecule has 0 saturated carbocycles. The molecule has 0 bridgehead atoms. The van der Waals surface area contributed by atoms with Gasteiger partial charge < -0.3 is 28.4 Å². The molecule has 0 aromatic heterocycles. The van der Waals surface area contributed by atoms with Crippen molar-refractivity contribution in [3.63, 3.8) is 0 Å². The van der Waals surface area contributed by atoms with Gasteiger partial charge in [0.05, 0.1) is 26.4 Å². The van der Waals surface area contributed by atoms with Gasteiger partial charge in [0.15, 0.2) is 12.2 Å². The number of esters is 2. The Labute approximate surface area is 300 Å². The minimum absolute atomic E-state index is 0.0949. The Bertz CT molecular complexity index is 1530. The third-order valence-electron chi connectivity index (χ3n) is 7.58. The summed E-state index contributed by atoms with van der Waals surface area (Å²) < 4.78 is 37.2. The van der Waals surface area contributed by atoms with Gasteiger partial charge in [0, 0.05) is 38.9 Å². The lowest BCUT2D eigenvalue weighted by Gasteiger charge is -2.23. The second kappa shape index (κ2) is 21.6. The van der Waals surface area contributed by atoms with Gasteiger partial charge in [0.1, 0.15) is 24.7 Å². The van der Waals surface area contributed by atoms with E-state index in [1.54, 1.807) is 0 Å². The Balaban J connectivity index is 1.92. The van der Waals surface area contributed by atoms with Gasteiger partial charge in [0.25, 0.3) is 0 Å². The molecule has 9 heteroatoms. The smallest absolute Gasteiger partial charge is 0.306 e. The predicted octanol–water partition coefficient (Wildman–Crippen LogP) is 9.68. The number of fused-ring (bicyclic) bond motifs is 2. The molecule has 0 N–H and O–H groups in total. The van der Waals surface area contributed by atoms with Crippen molar-refractivity contribution in [1.82, 2.24) is 0 Å². The van der Waals surface area contributed by atoms with E-state index in [1.165, 1.54) is 0 Å². The first-order chi connectivity index (χ1) is 23.6. The van der Waals surface area contributed by atoms with Gasteiger partial charge in [-0.25, -0.2) is 0 Å². The van der Waals surface area contributed by atoms with Gasteiger partial charge in [-0.2, -0.15) is 0 Å². The van der Waals surface area contributed by atoms with E-state index < -0.39 is 12.2 Å². The van der Waals surface area contributed by atoms with E-state index in [0.29, 0.717) is 37.6 Å². The molecule has 2 atom stereocenters. The van der Waals surface area contributed by atoms with Crippen LogP contribution in [-0.4, -0.2) is 63.8 Å². The van der Waals surface area contributed by atoms with Crippen molar-refractivity contribution < 1.29 is 38.0 Å². The second-order valence-corrected chi connectivity index (χ2v) is 13.5. The molecule has 0 saturated heterocycles. The highest BCUT2D eigenvalue weighted by atomic mass is 79.9. The van der Waals surface area contributed by atoms with E-state index in [9.17, 15) is 9.59 Å². The summed E-state index contributed by atoms with van der Waals surface area (Å²) in [5.41, 5.74) is 1.75. The van der Waals surface area contributed by atoms with Crippen LogP contribution in [0.1, 0.15) is 79.1 Å². The quantitative estimate of drug-likeness (QED) is 0.0388. The van der Waals surface area contributed by atoms with Gasteiger partial charge in [-0.3, -0.25) is 9.59 Å². The molecular formula is C40H53BrO8. The standard InChI is InChI=1S/C40H53BrO8/c1-7-9-11-17-37(42)48-31(24-44-22-28(3)4)26-46-39-33-15-13-14-16-34(33)40(36-21-30(41)19-20-35(36)39)47-27-32(25-45-23-29(5)6)49-38(43)18-12-10-8-2/h13-16,19-21,31-32H,3,5,7-12,17-18,22-27H2,1-2,4,6H3. The maximum absolute atomic E-state index is 12.7. The van der Waals surface area contributed by atoms with Crippen LogP contribution in [0, 0.1) is 0 Å². The molecule has 3 aromatic carbocycles. The van der Waals surface area contributed by atoms with Crippen LogP contribution >= 0.6 is 15.9 Å². The number of hydrogen-bond donors (Lipinski definition) is 0. The summed E-state index contributed by atoms with van der Waals surface area (Å²) >= 11 is 3.63. The Hall–Kier alpha value is -3.40. The number of rotatable bonds is 24. The molecule has 3 aromatic rings. The first-order valence-electron chi connectivity index (χ1n) is 17.4. The van der Waals surface area contributed by atoms with Gasteiger partial charge in [0.2, 0.25) is 0 Å². The fraction of sp³-hybridized carbons (Fsp3) is 0.500. The fourth-order valence-corrected chi connectivity index (χ4v) is 5.59. The molecule has 0 aliphatic heterocycles. The van der Waals surface area contributed by atoms with Gasteiger partial charge in [-0.15, -0.1) is 0 Å². The lowest BCUT2D eigenvalue weighted by molar-refractivity contribution is -0.154. The van der Waals surface area contributed by atoms with E-state index in [-0.39, 0.29) is 38.4 Å². The summed E-state index contributed by atoms with van der Waals surface area (Å²) in [5, 5.41) is 3.28. The van der Waals surface area contributed by atoms with Crippen molar-refractivity contribution in [3.05, 3.63) is 71.2 Å². The largest absolute Gasteiger partial charge is 0.488 e. The summed E-state index contributed by atoms with van der Waals surface area (Å²) in [6.07, 6.45) is 5.00. The Morgan fingerprint density at radius 3 is 1.55 bits per heavy atom. The average molecular weight is 742 g/mol. The zero-order valence-corrected chi connectivity index (χ0v) is 31.2. The summed E-state index contributed by atoms with van der Waals surface area (Å²) in [5.74, 6) is 0.738. The maximum atomic E-state index is 12.7. The van der Waals surface area contributed by atoms with Crippen molar-refractivity contribution >= 4 is 49.4 Å². The number of hydrogen-bond acceptors (Lipinski definition) is 8. The van der Waals surface area contributed by atoms with E-state index in [0.717, 1.165) is 75.7 Å². The van der Waals surface area contributed by atoms with E-state index >= 15 is 0 Å². The van der Waals surface area contributed by atoms with Crippen molar-refractivity contribution in [3.8, 4) is 11.5 Å². The second-order valence-electron chi connectivity index (χ2n) is 12.6. The van der Waals surface area contributed by atoms with Crippen molar-refractivity contribution in [1.29, 1.82) is 0 Å². The summed E-state index contributed by atoms with van der Waals surface area (Å²) in [7, 11) is 0. The molecule has 3 rings (SSSR count). The van der Waals surface area contributed by atoms with Gasteiger partial charge in [-0.1, -0.05) is 104 Å². The van der Waals surface area contributed by atoms with E-state index in [4.69, 9.17) is 28.4 Å². The van der Waals surface area contributed by atoms with Crippen LogP contribution in [-0.2, 0) is 28.5 Å². The molecule has 0 aliphatic carbocycles. The minimum Gasteiger partial charge on any atom is -0.488 e. The lowest BCUT2D eigenvalue weighted by Crippen LogP contribution is -2.30. The molecule has 2 unspecified atom stereocenters. The zero-order chi connectivity index (χ0) is 35.6. The molecule has 8 nitrogen and oxygen atoms in total. The summed E-state index contributed by atoms with van der Waals surface area (Å²) in [4.78, 5) is 25.4. The maximum Gasteiger partial charge on any atom is 0.306 e. The molecule has 0 amide bonds. The number of ether oxygens (including phenoxy) is 6. The van der Waals surface area contributed by atoms with Crippen LogP contribution in [0.5, 0.6) is 11.5 Å². The van der Waals surface area contributed by atoms with Crippen LogP contribution in [0.2, 0.25) is 0 Å². The molecule has 0 radical (unpaired) electrons. The third-order valence-corrected chi connectivity index (χ3v) is 8.08. The highest BCUT2D eigenvalue weighted by molar-refractivity contribution is 9.10. The molecule has 0 aliphatic rings. The minimum atomic E-state index is -0.614. The number of benzene rings is 3. The van der Waals surface area contributed by atoms with Crippen LogP contribution in [0.25, 0.3) is 21.5 Å². The van der Waals surface area contributed by atoms with Crippen LogP contribution in [0.3, 0.4) is 0 Å². The Morgan fingerprint density at radius 2 is 1.10 bits per heavy atom. The number of carbonyl (C=O) groups is 2. The summed E-state index contributed by atoms with van der Waals surface area (Å²) in [6, 6.07) is 13.7. The molecule has 0 fully saturated rings. The van der Waals surface area contributed by atoms with E-state index in [2.05, 4.69) is 42.9 Å². The molecule has 268 valence electrons. The highest BCUT2D eigenvalue weighted by Gasteiger charge is 2.22. The van der Waals surface area contributed by atoms with Gasteiger partial charge in [-0.05, 0) is 44.9 Å². The van der Waals surface area contributed by atoms with Crippen molar-refractivity contribution in [2.75, 3.05) is 39.6 Å². The zero-order valence-electron chi connectivity index (χ0n) is 29.7. The van der Waals surface area contributed by atoms with Crippen LogP contribution in [0.4, 0.5) is 0 Å². The first-order valence-corrected chi connectivity index (χ1v) is 18.1. The number of unbranched alkanes of at least 4 members (excludes halogenated alkanes) is 4. The Kier molecular flexibility index (Phi) is 17.7. The van der Waals surface area contributed by atoms with Crippen molar-refractivity contribution in [2.24, 2.45) is 0 Å². The molecular weight excluding hydrogens is 688 g/mol. The highest BCUT2D eigenvalue weighted by Crippen LogP contribution is 2.44. The normalized spacial score (nSPS) is 12.4. The van der Waals surface area contributed by atoms with Crippen LogP contribution < -0.4 is 9.47 Å². The molecule has 0 spiro atoms. The lowest BCUT2D eigenvalue weighted by atomic mass is 10.0. The summed E-state index contributed by atoms with van der Waals surface area (Å²) in [6.45, 7) is 17.1. The third kappa shape index (κ3) is 13.8. The topological polar surface area (TPSA) is 89.5 Å². The average Bonchev–Trinajstić information content (AvgIpc) is 3.05. The first kappa shape index (κ1) is 40.0. The van der Waals surface area contributed by atoms with Crippen LogP contribution in [0.15, 0.2) is 71.2 Å². The number of carbonyl (C=O) groups excluding carboxylic acids is 2. The monoisotopic (exact) mass is 740 g/mol. The van der Waals surface area contributed by atoms with E-state index in [1.807, 2.05) is 56.3 Å². The number of halogens is 1. The van der Waals surface area contributed by atoms with Crippen molar-refractivity contribution in [2.45, 2.75) is 91.3 Å². The van der Waals surface area contributed by atoms with Gasteiger partial charge >= 0.3 is 11.9 Å². The Morgan fingerprint density at radius 1 is 0.653 bits per heavy atom. The fourth-order valence-electron chi connectivity index (χ4n) is 5.23. The molecule has 0 heterocycles. The SMILES string of the molecule is C=C(C)COCC(COc1c2ccccc2c(OCC(COCC(=C)C)OC(=O)CCCCC)c2cc(Br)ccc12)OC(=O)CCCCC.